The summed E-state index contributed by atoms with van der Waals surface area (Å²) in [5, 5.41) is 0. The number of rotatable bonds is 2. The van der Waals surface area contributed by atoms with Gasteiger partial charge in [-0.15, -0.1) is 0 Å². The molecule has 2 fully saturated rings. The number of carbonyl (C=O) groups excluding carboxylic acids is 1. The molecule has 5 nitrogen and oxygen atoms in total. The Hall–Kier alpha value is -1.62. The first-order chi connectivity index (χ1) is 11.0. The average Bonchev–Trinajstić information content (AvgIpc) is 2.86. The Bertz CT molecular complexity index is 629. The van der Waals surface area contributed by atoms with Crippen LogP contribution in [0.4, 0.5) is 0 Å². The van der Waals surface area contributed by atoms with E-state index in [4.69, 9.17) is 0 Å². The van der Waals surface area contributed by atoms with Crippen molar-refractivity contribution < 1.29 is 4.79 Å². The van der Waals surface area contributed by atoms with E-state index >= 15 is 0 Å². The molecule has 0 aliphatic carbocycles. The van der Waals surface area contributed by atoms with Gasteiger partial charge in [0, 0.05) is 36.9 Å². The van der Waals surface area contributed by atoms with Crippen molar-refractivity contribution in [2.24, 2.45) is 0 Å². The van der Waals surface area contributed by atoms with Gasteiger partial charge in [0.25, 0.3) is 11.5 Å². The zero-order valence-electron chi connectivity index (χ0n) is 14.3. The predicted octanol–water partition coefficient (Wildman–Crippen LogP) is 2.16. The molecule has 0 saturated carbocycles. The number of H-pyrrole nitrogens is 1. The molecule has 1 aromatic heterocycles. The molecule has 3 heterocycles. The first kappa shape index (κ1) is 16.2. The smallest absolute Gasteiger partial charge is 0.260 e. The molecule has 0 radical (unpaired) electrons. The molecule has 0 unspecified atom stereocenters. The van der Waals surface area contributed by atoms with Gasteiger partial charge >= 0.3 is 0 Å². The summed E-state index contributed by atoms with van der Waals surface area (Å²) in [7, 11) is 0. The zero-order valence-corrected chi connectivity index (χ0v) is 14.3. The first-order valence-corrected chi connectivity index (χ1v) is 8.74. The molecule has 1 aromatic rings. The number of pyridine rings is 1. The highest BCUT2D eigenvalue weighted by atomic mass is 16.2. The molecule has 0 spiro atoms. The Labute approximate surface area is 137 Å². The molecule has 2 aliphatic rings. The molecule has 2 saturated heterocycles. The number of aromatic amines is 1. The van der Waals surface area contributed by atoms with Gasteiger partial charge in [0.05, 0.1) is 0 Å². The Morgan fingerprint density at radius 3 is 2.52 bits per heavy atom. The van der Waals surface area contributed by atoms with Crippen molar-refractivity contribution in [2.75, 3.05) is 13.1 Å². The molecule has 23 heavy (non-hydrogen) atoms. The lowest BCUT2D eigenvalue weighted by atomic mass is 10.0. The number of likely N-dealkylation sites (tertiary alicyclic amines) is 2. The van der Waals surface area contributed by atoms with E-state index in [2.05, 4.69) is 23.7 Å². The summed E-state index contributed by atoms with van der Waals surface area (Å²) in [4.78, 5) is 32.0. The maximum absolute atomic E-state index is 12.7. The van der Waals surface area contributed by atoms with Crippen LogP contribution < -0.4 is 5.56 Å². The van der Waals surface area contributed by atoms with Crippen molar-refractivity contribution >= 4 is 5.91 Å². The van der Waals surface area contributed by atoms with E-state index in [1.807, 2.05) is 11.8 Å². The third-order valence-corrected chi connectivity index (χ3v) is 5.41. The van der Waals surface area contributed by atoms with Gasteiger partial charge in [-0.25, -0.2) is 0 Å². The summed E-state index contributed by atoms with van der Waals surface area (Å²) in [5.74, 6) is -0.129. The molecule has 5 heteroatoms. The van der Waals surface area contributed by atoms with Crippen LogP contribution in [0.3, 0.4) is 0 Å². The zero-order chi connectivity index (χ0) is 16.6. The molecule has 3 rings (SSSR count). The minimum absolute atomic E-state index is 0.129. The van der Waals surface area contributed by atoms with E-state index in [9.17, 15) is 9.59 Å². The quantitative estimate of drug-likeness (QED) is 0.909. The second kappa shape index (κ2) is 6.48. The van der Waals surface area contributed by atoms with Gasteiger partial charge in [-0.05, 0) is 58.6 Å². The molecular weight excluding hydrogens is 290 g/mol. The van der Waals surface area contributed by atoms with Crippen LogP contribution in [0.1, 0.15) is 55.6 Å². The highest BCUT2D eigenvalue weighted by molar-refractivity contribution is 5.93. The summed E-state index contributed by atoms with van der Waals surface area (Å²) in [6.45, 7) is 7.88. The van der Waals surface area contributed by atoms with Crippen LogP contribution in [0.15, 0.2) is 16.9 Å². The van der Waals surface area contributed by atoms with E-state index in [1.165, 1.54) is 12.8 Å². The van der Waals surface area contributed by atoms with Gasteiger partial charge in [0.2, 0.25) is 0 Å². The van der Waals surface area contributed by atoms with Crippen LogP contribution in [-0.2, 0) is 0 Å². The summed E-state index contributed by atoms with van der Waals surface area (Å²) in [5.41, 5.74) is 0.765. The SMILES string of the molecule is Cc1ccc(C(=O)N2CCC[C@H](N3[C@@H](C)CC[C@@H]3C)C2)c(=O)[nH]1. The van der Waals surface area contributed by atoms with E-state index < -0.39 is 0 Å². The number of hydrogen-bond acceptors (Lipinski definition) is 3. The number of hydrogen-bond donors (Lipinski definition) is 1. The topological polar surface area (TPSA) is 56.4 Å². The normalized spacial score (nSPS) is 29.0. The fourth-order valence-electron chi connectivity index (χ4n) is 4.23. The van der Waals surface area contributed by atoms with Crippen molar-refractivity contribution in [3.63, 3.8) is 0 Å². The minimum Gasteiger partial charge on any atom is -0.337 e. The second-order valence-electron chi connectivity index (χ2n) is 7.15. The fourth-order valence-corrected chi connectivity index (χ4v) is 4.23. The standard InChI is InChI=1S/C18H27N3O2/c1-12-6-9-16(17(22)19-12)18(23)20-10-4-5-15(11-20)21-13(2)7-8-14(21)3/h6,9,13-15H,4-5,7-8,10-11H2,1-3H3,(H,19,22)/t13-,14-,15-/m0/s1. The Kier molecular flexibility index (Phi) is 4.57. The van der Waals surface area contributed by atoms with Gasteiger partial charge < -0.3 is 9.88 Å². The van der Waals surface area contributed by atoms with Crippen molar-refractivity contribution in [1.82, 2.24) is 14.8 Å². The summed E-state index contributed by atoms with van der Waals surface area (Å²) >= 11 is 0. The van der Waals surface area contributed by atoms with E-state index in [0.717, 1.165) is 31.6 Å². The molecule has 1 amide bonds. The predicted molar refractivity (Wildman–Crippen MR) is 90.7 cm³/mol. The largest absolute Gasteiger partial charge is 0.337 e. The highest BCUT2D eigenvalue weighted by Gasteiger charge is 2.36. The summed E-state index contributed by atoms with van der Waals surface area (Å²) < 4.78 is 0. The van der Waals surface area contributed by atoms with Crippen LogP contribution in [0.25, 0.3) is 0 Å². The van der Waals surface area contributed by atoms with E-state index in [0.29, 0.717) is 18.1 Å². The maximum Gasteiger partial charge on any atom is 0.260 e. The van der Waals surface area contributed by atoms with Crippen molar-refractivity contribution in [1.29, 1.82) is 0 Å². The summed E-state index contributed by atoms with van der Waals surface area (Å²) in [6, 6.07) is 5.05. The second-order valence-corrected chi connectivity index (χ2v) is 7.15. The lowest BCUT2D eigenvalue weighted by Crippen LogP contribution is -2.53. The minimum atomic E-state index is -0.278. The van der Waals surface area contributed by atoms with Crippen LogP contribution >= 0.6 is 0 Å². The van der Waals surface area contributed by atoms with Gasteiger partial charge in [-0.3, -0.25) is 14.5 Å². The number of carbonyl (C=O) groups is 1. The van der Waals surface area contributed by atoms with Crippen LogP contribution in [0.2, 0.25) is 0 Å². The summed E-state index contributed by atoms with van der Waals surface area (Å²) in [6.07, 6.45) is 4.63. The lowest BCUT2D eigenvalue weighted by Gasteiger charge is -2.41. The number of piperidine rings is 1. The average molecular weight is 317 g/mol. The van der Waals surface area contributed by atoms with Crippen LogP contribution in [0, 0.1) is 6.92 Å². The molecule has 0 aromatic carbocycles. The van der Waals surface area contributed by atoms with Crippen molar-refractivity contribution in [2.45, 2.75) is 64.6 Å². The highest BCUT2D eigenvalue weighted by Crippen LogP contribution is 2.30. The number of nitrogens with zero attached hydrogens (tertiary/aromatic N) is 2. The van der Waals surface area contributed by atoms with E-state index in [-0.39, 0.29) is 17.0 Å². The number of aryl methyl sites for hydroxylation is 1. The molecule has 1 N–H and O–H groups in total. The van der Waals surface area contributed by atoms with Gasteiger partial charge in [0.1, 0.15) is 5.56 Å². The first-order valence-electron chi connectivity index (χ1n) is 8.74. The van der Waals surface area contributed by atoms with Gasteiger partial charge in [-0.1, -0.05) is 0 Å². The maximum atomic E-state index is 12.7. The van der Waals surface area contributed by atoms with Gasteiger partial charge in [0.15, 0.2) is 0 Å². The molecular formula is C18H27N3O2. The Morgan fingerprint density at radius 1 is 1.17 bits per heavy atom. The Morgan fingerprint density at radius 2 is 1.87 bits per heavy atom. The number of amides is 1. The third-order valence-electron chi connectivity index (χ3n) is 5.41. The monoisotopic (exact) mass is 317 g/mol. The van der Waals surface area contributed by atoms with Crippen LogP contribution in [0.5, 0.6) is 0 Å². The number of nitrogens with one attached hydrogen (secondary N) is 1. The fraction of sp³-hybridized carbons (Fsp3) is 0.667. The third kappa shape index (κ3) is 3.20. The van der Waals surface area contributed by atoms with Crippen molar-refractivity contribution in [3.8, 4) is 0 Å². The molecule has 0 bridgehead atoms. The van der Waals surface area contributed by atoms with Crippen LogP contribution in [-0.4, -0.2) is 51.9 Å². The number of aromatic nitrogens is 1. The Balaban J connectivity index is 1.75. The van der Waals surface area contributed by atoms with E-state index in [1.54, 1.807) is 12.1 Å². The molecule has 126 valence electrons. The molecule has 3 atom stereocenters. The van der Waals surface area contributed by atoms with Gasteiger partial charge in [-0.2, -0.15) is 0 Å². The lowest BCUT2D eigenvalue weighted by molar-refractivity contribution is 0.0485. The molecule has 2 aliphatic heterocycles. The van der Waals surface area contributed by atoms with Crippen molar-refractivity contribution in [3.05, 3.63) is 33.7 Å².